The van der Waals surface area contributed by atoms with Crippen LogP contribution >= 0.6 is 0 Å². The predicted octanol–water partition coefficient (Wildman–Crippen LogP) is 2.03. The number of phenolic OH excluding ortho intramolecular Hbond substituents is 1. The molecule has 1 aromatic rings. The molecule has 0 aliphatic carbocycles. The molecule has 2 N–H and O–H groups in total. The minimum atomic E-state index is -0.774. The zero-order valence-corrected chi connectivity index (χ0v) is 11.5. The molecule has 2 rings (SSSR count). The third-order valence-corrected chi connectivity index (χ3v) is 3.81. The van der Waals surface area contributed by atoms with Gasteiger partial charge in [-0.05, 0) is 49.4 Å². The van der Waals surface area contributed by atoms with Gasteiger partial charge in [0.1, 0.15) is 5.75 Å². The van der Waals surface area contributed by atoms with E-state index < -0.39 is 5.97 Å². The van der Waals surface area contributed by atoms with Crippen LogP contribution in [0.1, 0.15) is 35.2 Å². The summed E-state index contributed by atoms with van der Waals surface area (Å²) in [7, 11) is 0. The summed E-state index contributed by atoms with van der Waals surface area (Å²) in [6.07, 6.45) is 1.64. The van der Waals surface area contributed by atoms with Crippen molar-refractivity contribution in [2.45, 2.75) is 26.2 Å². The van der Waals surface area contributed by atoms with Gasteiger partial charge in [0.2, 0.25) is 0 Å². The third kappa shape index (κ3) is 3.29. The molecule has 1 heterocycles. The van der Waals surface area contributed by atoms with Crippen molar-refractivity contribution >= 4 is 11.9 Å². The van der Waals surface area contributed by atoms with E-state index in [2.05, 4.69) is 0 Å². The molecule has 0 aromatic heterocycles. The van der Waals surface area contributed by atoms with E-state index in [9.17, 15) is 14.7 Å². The number of rotatable bonds is 3. The Bertz CT molecular complexity index is 519. The number of hydrogen-bond acceptors (Lipinski definition) is 3. The predicted molar refractivity (Wildman–Crippen MR) is 73.7 cm³/mol. The van der Waals surface area contributed by atoms with E-state index in [0.717, 1.165) is 12.8 Å². The Hall–Kier alpha value is -2.04. The molecule has 0 saturated carbocycles. The molecule has 1 aliphatic rings. The number of aliphatic carboxylic acids is 1. The average Bonchev–Trinajstić information content (AvgIpc) is 2.41. The molecule has 0 unspecified atom stereocenters. The molecule has 0 atom stereocenters. The van der Waals surface area contributed by atoms with Crippen molar-refractivity contribution in [3.63, 3.8) is 0 Å². The standard InChI is InChI=1S/C15H19NO4/c1-10-8-12(2-3-13(10)17)15(20)16-6-4-11(5-7-16)9-14(18)19/h2-3,8,11,17H,4-7,9H2,1H3,(H,18,19). The van der Waals surface area contributed by atoms with Crippen LogP contribution in [0.4, 0.5) is 0 Å². The van der Waals surface area contributed by atoms with Crippen molar-refractivity contribution in [3.8, 4) is 5.75 Å². The number of hydrogen-bond donors (Lipinski definition) is 2. The highest BCUT2D eigenvalue weighted by Gasteiger charge is 2.25. The lowest BCUT2D eigenvalue weighted by Gasteiger charge is -2.31. The van der Waals surface area contributed by atoms with Crippen LogP contribution in [-0.4, -0.2) is 40.1 Å². The summed E-state index contributed by atoms with van der Waals surface area (Å²) in [6, 6.07) is 4.83. The number of aromatic hydroxyl groups is 1. The van der Waals surface area contributed by atoms with E-state index in [1.165, 1.54) is 6.07 Å². The zero-order valence-electron chi connectivity index (χ0n) is 11.5. The van der Waals surface area contributed by atoms with E-state index in [-0.39, 0.29) is 24.0 Å². The van der Waals surface area contributed by atoms with E-state index >= 15 is 0 Å². The number of carboxylic acids is 1. The molecule has 20 heavy (non-hydrogen) atoms. The van der Waals surface area contributed by atoms with Gasteiger partial charge in [-0.15, -0.1) is 0 Å². The zero-order chi connectivity index (χ0) is 14.7. The number of aryl methyl sites for hydroxylation is 1. The number of carbonyl (C=O) groups excluding carboxylic acids is 1. The summed E-state index contributed by atoms with van der Waals surface area (Å²) in [4.78, 5) is 24.7. The van der Waals surface area contributed by atoms with Crippen LogP contribution in [-0.2, 0) is 4.79 Å². The van der Waals surface area contributed by atoms with Crippen LogP contribution in [0.25, 0.3) is 0 Å². The first-order valence-electron chi connectivity index (χ1n) is 6.78. The average molecular weight is 277 g/mol. The van der Waals surface area contributed by atoms with Gasteiger partial charge in [-0.2, -0.15) is 0 Å². The lowest BCUT2D eigenvalue weighted by Crippen LogP contribution is -2.38. The Morgan fingerprint density at radius 3 is 2.50 bits per heavy atom. The fourth-order valence-corrected chi connectivity index (χ4v) is 2.56. The highest BCUT2D eigenvalue weighted by Crippen LogP contribution is 2.23. The fraction of sp³-hybridized carbons (Fsp3) is 0.467. The molecule has 108 valence electrons. The number of amides is 1. The summed E-state index contributed by atoms with van der Waals surface area (Å²) < 4.78 is 0. The highest BCUT2D eigenvalue weighted by molar-refractivity contribution is 5.94. The van der Waals surface area contributed by atoms with Gasteiger partial charge < -0.3 is 15.1 Å². The summed E-state index contributed by atoms with van der Waals surface area (Å²) in [6.45, 7) is 2.94. The minimum absolute atomic E-state index is 0.0538. The maximum absolute atomic E-state index is 12.3. The molecule has 0 spiro atoms. The maximum atomic E-state index is 12.3. The molecule has 1 aliphatic heterocycles. The molecule has 1 fully saturated rings. The third-order valence-electron chi connectivity index (χ3n) is 3.81. The van der Waals surface area contributed by atoms with E-state index in [0.29, 0.717) is 24.2 Å². The molecule has 5 nitrogen and oxygen atoms in total. The Morgan fingerprint density at radius 1 is 1.30 bits per heavy atom. The van der Waals surface area contributed by atoms with Gasteiger partial charge in [0.05, 0.1) is 0 Å². The van der Waals surface area contributed by atoms with E-state index in [1.54, 1.807) is 24.0 Å². The first-order valence-corrected chi connectivity index (χ1v) is 6.78. The molecular formula is C15H19NO4. The Labute approximate surface area is 117 Å². The number of carboxylic acid groups (broad SMARTS) is 1. The largest absolute Gasteiger partial charge is 0.508 e. The van der Waals surface area contributed by atoms with Gasteiger partial charge in [0.25, 0.3) is 5.91 Å². The van der Waals surface area contributed by atoms with Gasteiger partial charge in [-0.25, -0.2) is 0 Å². The normalized spacial score (nSPS) is 16.1. The molecule has 0 radical (unpaired) electrons. The SMILES string of the molecule is Cc1cc(C(=O)N2CCC(CC(=O)O)CC2)ccc1O. The van der Waals surface area contributed by atoms with Crippen LogP contribution in [0.5, 0.6) is 5.75 Å². The van der Waals surface area contributed by atoms with E-state index in [4.69, 9.17) is 5.11 Å². The van der Waals surface area contributed by atoms with Crippen molar-refractivity contribution in [2.24, 2.45) is 5.92 Å². The summed E-state index contributed by atoms with van der Waals surface area (Å²) in [5, 5.41) is 18.2. The molecule has 0 bridgehead atoms. The topological polar surface area (TPSA) is 77.8 Å². The number of nitrogens with zero attached hydrogens (tertiary/aromatic N) is 1. The Balaban J connectivity index is 1.97. The van der Waals surface area contributed by atoms with E-state index in [1.807, 2.05) is 0 Å². The lowest BCUT2D eigenvalue weighted by molar-refractivity contribution is -0.138. The summed E-state index contributed by atoms with van der Waals surface area (Å²) in [5.41, 5.74) is 1.24. The quantitative estimate of drug-likeness (QED) is 0.886. The van der Waals surface area contributed by atoms with Crippen LogP contribution in [0, 0.1) is 12.8 Å². The number of phenols is 1. The van der Waals surface area contributed by atoms with Gasteiger partial charge in [0, 0.05) is 25.1 Å². The summed E-state index contributed by atoms with van der Waals surface area (Å²) >= 11 is 0. The second-order valence-electron chi connectivity index (χ2n) is 5.33. The smallest absolute Gasteiger partial charge is 0.303 e. The van der Waals surface area contributed by atoms with Crippen molar-refractivity contribution in [2.75, 3.05) is 13.1 Å². The first-order chi connectivity index (χ1) is 9.47. The highest BCUT2D eigenvalue weighted by atomic mass is 16.4. The number of likely N-dealkylation sites (tertiary alicyclic amines) is 1. The number of benzene rings is 1. The van der Waals surface area contributed by atoms with Crippen LogP contribution in [0.2, 0.25) is 0 Å². The molecule has 1 amide bonds. The van der Waals surface area contributed by atoms with Crippen molar-refractivity contribution in [1.82, 2.24) is 4.90 Å². The molecule has 5 heteroatoms. The molecule has 1 saturated heterocycles. The van der Waals surface area contributed by atoms with Crippen LogP contribution in [0.3, 0.4) is 0 Å². The Morgan fingerprint density at radius 2 is 1.95 bits per heavy atom. The van der Waals surface area contributed by atoms with Crippen molar-refractivity contribution in [3.05, 3.63) is 29.3 Å². The Kier molecular flexibility index (Phi) is 4.27. The second-order valence-corrected chi connectivity index (χ2v) is 5.33. The summed E-state index contributed by atoms with van der Waals surface area (Å²) in [5.74, 6) is -0.481. The number of carbonyl (C=O) groups is 2. The van der Waals surface area contributed by atoms with Gasteiger partial charge in [0.15, 0.2) is 0 Å². The molecule has 1 aromatic carbocycles. The first kappa shape index (κ1) is 14.4. The van der Waals surface area contributed by atoms with Crippen molar-refractivity contribution in [1.29, 1.82) is 0 Å². The van der Waals surface area contributed by atoms with Gasteiger partial charge in [-0.3, -0.25) is 9.59 Å². The second kappa shape index (κ2) is 5.94. The number of piperidine rings is 1. The van der Waals surface area contributed by atoms with Crippen molar-refractivity contribution < 1.29 is 19.8 Å². The lowest BCUT2D eigenvalue weighted by atomic mass is 9.93. The monoisotopic (exact) mass is 277 g/mol. The van der Waals surface area contributed by atoms with Crippen LogP contribution in [0.15, 0.2) is 18.2 Å². The molecular weight excluding hydrogens is 258 g/mol. The van der Waals surface area contributed by atoms with Gasteiger partial charge in [-0.1, -0.05) is 0 Å². The minimum Gasteiger partial charge on any atom is -0.508 e. The van der Waals surface area contributed by atoms with Crippen LogP contribution < -0.4 is 0 Å². The maximum Gasteiger partial charge on any atom is 0.303 e. The fourth-order valence-electron chi connectivity index (χ4n) is 2.56. The van der Waals surface area contributed by atoms with Gasteiger partial charge >= 0.3 is 5.97 Å².